The second-order valence-corrected chi connectivity index (χ2v) is 6.19. The van der Waals surface area contributed by atoms with Gasteiger partial charge in [-0.15, -0.1) is 0 Å². The molecular formula is C19H18ClN5O. The van der Waals surface area contributed by atoms with Crippen LogP contribution in [-0.2, 0) is 0 Å². The summed E-state index contributed by atoms with van der Waals surface area (Å²) in [6, 6.07) is 9.11. The van der Waals surface area contributed by atoms with Crippen molar-refractivity contribution in [2.45, 2.75) is 25.8 Å². The number of imidazole rings is 1. The summed E-state index contributed by atoms with van der Waals surface area (Å²) in [5.41, 5.74) is 7.85. The van der Waals surface area contributed by atoms with E-state index in [1.54, 1.807) is 12.3 Å². The van der Waals surface area contributed by atoms with Crippen molar-refractivity contribution in [3.63, 3.8) is 0 Å². The molecule has 7 heteroatoms. The molecule has 0 fully saturated rings. The molecule has 2 aromatic heterocycles. The quantitative estimate of drug-likeness (QED) is 0.617. The van der Waals surface area contributed by atoms with Gasteiger partial charge in [-0.25, -0.2) is 9.97 Å². The first-order valence-corrected chi connectivity index (χ1v) is 8.60. The largest absolute Gasteiger partial charge is 0.382 e. The maximum absolute atomic E-state index is 12.4. The number of nitrogens with one attached hydrogen (secondary N) is 2. The molecule has 26 heavy (non-hydrogen) atoms. The Morgan fingerprint density at radius 1 is 1.42 bits per heavy atom. The summed E-state index contributed by atoms with van der Waals surface area (Å²) in [6.07, 6.45) is 2.83. The monoisotopic (exact) mass is 367 g/mol. The molecule has 0 aliphatic heterocycles. The highest BCUT2D eigenvalue weighted by Crippen LogP contribution is 2.16. The minimum Gasteiger partial charge on any atom is -0.382 e. The number of nitrogens with two attached hydrogens (primary N) is 1. The molecule has 0 spiro atoms. The van der Waals surface area contributed by atoms with E-state index in [0.29, 0.717) is 22.8 Å². The van der Waals surface area contributed by atoms with Crippen molar-refractivity contribution in [3.05, 3.63) is 52.9 Å². The van der Waals surface area contributed by atoms with Gasteiger partial charge in [-0.2, -0.15) is 0 Å². The average Bonchev–Trinajstić information content (AvgIpc) is 3.08. The van der Waals surface area contributed by atoms with Crippen LogP contribution in [0.1, 0.15) is 35.9 Å². The van der Waals surface area contributed by atoms with E-state index in [1.807, 2.05) is 31.2 Å². The van der Waals surface area contributed by atoms with E-state index in [2.05, 4.69) is 32.1 Å². The molecule has 132 valence electrons. The lowest BCUT2D eigenvalue weighted by Gasteiger charge is -2.12. The number of halogens is 1. The Morgan fingerprint density at radius 3 is 2.96 bits per heavy atom. The highest BCUT2D eigenvalue weighted by molar-refractivity contribution is 6.32. The number of pyridine rings is 1. The number of para-hydroxylation sites is 2. The number of carbonyl (C=O) groups is 1. The Bertz CT molecular complexity index is 969. The molecule has 0 bridgehead atoms. The van der Waals surface area contributed by atoms with E-state index in [1.165, 1.54) is 0 Å². The van der Waals surface area contributed by atoms with Gasteiger partial charge in [-0.05, 0) is 24.6 Å². The summed E-state index contributed by atoms with van der Waals surface area (Å²) in [5.74, 6) is 6.37. The summed E-state index contributed by atoms with van der Waals surface area (Å²) in [6.45, 7) is 1.99. The first kappa shape index (κ1) is 17.8. The van der Waals surface area contributed by atoms with Gasteiger partial charge in [0.1, 0.15) is 5.82 Å². The molecule has 3 aromatic rings. The van der Waals surface area contributed by atoms with Crippen molar-refractivity contribution in [3.8, 4) is 11.8 Å². The molecule has 0 aliphatic rings. The Balaban J connectivity index is 1.64. The molecule has 0 unspecified atom stereocenters. The Labute approximate surface area is 156 Å². The molecule has 3 rings (SSSR count). The molecule has 0 saturated carbocycles. The SMILES string of the molecule is CC[C@@H](CC#Cc1cnc(N)c(Cl)c1)NC(=O)c1nc2ccccc2[nH]1. The van der Waals surface area contributed by atoms with Crippen LogP contribution in [0, 0.1) is 11.8 Å². The van der Waals surface area contributed by atoms with Gasteiger partial charge in [0.25, 0.3) is 5.91 Å². The molecule has 4 N–H and O–H groups in total. The van der Waals surface area contributed by atoms with Crippen molar-refractivity contribution < 1.29 is 4.79 Å². The van der Waals surface area contributed by atoms with E-state index in [-0.39, 0.29) is 17.8 Å². The number of fused-ring (bicyclic) bond motifs is 1. The number of aromatic nitrogens is 3. The van der Waals surface area contributed by atoms with Gasteiger partial charge in [0.05, 0.1) is 16.1 Å². The highest BCUT2D eigenvalue weighted by Gasteiger charge is 2.15. The van der Waals surface area contributed by atoms with E-state index in [9.17, 15) is 4.79 Å². The van der Waals surface area contributed by atoms with E-state index in [4.69, 9.17) is 17.3 Å². The number of hydrogen-bond acceptors (Lipinski definition) is 4. The van der Waals surface area contributed by atoms with E-state index >= 15 is 0 Å². The molecule has 0 aliphatic carbocycles. The molecule has 2 heterocycles. The standard InChI is InChI=1S/C19H18ClN5O/c1-2-13(7-5-6-12-10-14(20)17(21)22-11-12)23-19(26)18-24-15-8-3-4-9-16(15)25-18/h3-4,8-11,13H,2,7H2,1H3,(H2,21,22)(H,23,26)(H,24,25)/t13-/m0/s1. The van der Waals surface area contributed by atoms with Gasteiger partial charge in [0.15, 0.2) is 5.82 Å². The number of benzene rings is 1. The van der Waals surface area contributed by atoms with Crippen LogP contribution in [0.2, 0.25) is 5.02 Å². The maximum atomic E-state index is 12.4. The Hall–Kier alpha value is -3.04. The summed E-state index contributed by atoms with van der Waals surface area (Å²) in [7, 11) is 0. The summed E-state index contributed by atoms with van der Waals surface area (Å²) in [5, 5.41) is 3.33. The number of hydrogen-bond donors (Lipinski definition) is 3. The van der Waals surface area contributed by atoms with Crippen molar-refractivity contribution in [1.82, 2.24) is 20.3 Å². The second kappa shape index (κ2) is 7.89. The topological polar surface area (TPSA) is 96.7 Å². The van der Waals surface area contributed by atoms with Crippen LogP contribution < -0.4 is 11.1 Å². The Morgan fingerprint density at radius 2 is 2.23 bits per heavy atom. The molecule has 1 atom stereocenters. The molecule has 1 aromatic carbocycles. The number of amides is 1. The zero-order valence-electron chi connectivity index (χ0n) is 14.2. The molecular weight excluding hydrogens is 350 g/mol. The fourth-order valence-electron chi connectivity index (χ4n) is 2.40. The lowest BCUT2D eigenvalue weighted by atomic mass is 10.1. The lowest BCUT2D eigenvalue weighted by Crippen LogP contribution is -2.34. The minimum atomic E-state index is -0.243. The normalized spacial score (nSPS) is 11.6. The number of nitrogens with zero attached hydrogens (tertiary/aromatic N) is 2. The zero-order chi connectivity index (χ0) is 18.5. The summed E-state index contributed by atoms with van der Waals surface area (Å²) >= 11 is 5.93. The van der Waals surface area contributed by atoms with Crippen LogP contribution in [0.5, 0.6) is 0 Å². The Kier molecular flexibility index (Phi) is 5.40. The van der Waals surface area contributed by atoms with Crippen molar-refractivity contribution in [2.75, 3.05) is 5.73 Å². The third-order valence-electron chi connectivity index (χ3n) is 3.88. The van der Waals surface area contributed by atoms with Crippen LogP contribution in [0.15, 0.2) is 36.5 Å². The predicted molar refractivity (Wildman–Crippen MR) is 103 cm³/mol. The van der Waals surface area contributed by atoms with Crippen molar-refractivity contribution in [2.24, 2.45) is 0 Å². The van der Waals surface area contributed by atoms with E-state index < -0.39 is 0 Å². The van der Waals surface area contributed by atoms with Crippen LogP contribution in [-0.4, -0.2) is 26.9 Å². The smallest absolute Gasteiger partial charge is 0.287 e. The van der Waals surface area contributed by atoms with Crippen LogP contribution in [0.4, 0.5) is 5.82 Å². The first-order chi connectivity index (χ1) is 12.6. The number of aromatic amines is 1. The van der Waals surface area contributed by atoms with Gasteiger partial charge < -0.3 is 16.0 Å². The van der Waals surface area contributed by atoms with Gasteiger partial charge in [0, 0.05) is 24.2 Å². The van der Waals surface area contributed by atoms with Crippen molar-refractivity contribution >= 4 is 34.4 Å². The van der Waals surface area contributed by atoms with Gasteiger partial charge in [0.2, 0.25) is 0 Å². The zero-order valence-corrected chi connectivity index (χ0v) is 15.0. The maximum Gasteiger partial charge on any atom is 0.287 e. The second-order valence-electron chi connectivity index (χ2n) is 5.78. The number of anilines is 1. The minimum absolute atomic E-state index is 0.0829. The predicted octanol–water partition coefficient (Wildman–Crippen LogP) is 3.14. The van der Waals surface area contributed by atoms with Crippen LogP contribution in [0.3, 0.4) is 0 Å². The third kappa shape index (κ3) is 4.13. The molecule has 6 nitrogen and oxygen atoms in total. The van der Waals surface area contributed by atoms with Crippen LogP contribution >= 0.6 is 11.6 Å². The van der Waals surface area contributed by atoms with Gasteiger partial charge in [-0.1, -0.05) is 42.5 Å². The number of rotatable bonds is 4. The lowest BCUT2D eigenvalue weighted by molar-refractivity contribution is 0.0927. The third-order valence-corrected chi connectivity index (χ3v) is 4.19. The molecule has 0 radical (unpaired) electrons. The first-order valence-electron chi connectivity index (χ1n) is 8.22. The average molecular weight is 368 g/mol. The fourth-order valence-corrected chi connectivity index (χ4v) is 2.57. The van der Waals surface area contributed by atoms with Crippen molar-refractivity contribution in [1.29, 1.82) is 0 Å². The molecule has 0 saturated heterocycles. The van der Waals surface area contributed by atoms with Gasteiger partial charge in [-0.3, -0.25) is 4.79 Å². The highest BCUT2D eigenvalue weighted by atomic mass is 35.5. The summed E-state index contributed by atoms with van der Waals surface area (Å²) < 4.78 is 0. The molecule has 1 amide bonds. The van der Waals surface area contributed by atoms with E-state index in [0.717, 1.165) is 17.5 Å². The number of H-pyrrole nitrogens is 1. The fraction of sp³-hybridized carbons (Fsp3) is 0.211. The van der Waals surface area contributed by atoms with Gasteiger partial charge >= 0.3 is 0 Å². The summed E-state index contributed by atoms with van der Waals surface area (Å²) in [4.78, 5) is 23.7. The number of nitrogen functional groups attached to an aromatic ring is 1. The number of carbonyl (C=O) groups excluding carboxylic acids is 1. The van der Waals surface area contributed by atoms with Crippen LogP contribution in [0.25, 0.3) is 11.0 Å².